The molecule has 166 valence electrons. The lowest BCUT2D eigenvalue weighted by Crippen LogP contribution is -2.48. The molecule has 7 nitrogen and oxygen atoms in total. The number of pyridine rings is 1. The first kappa shape index (κ1) is 23.4. The van der Waals surface area contributed by atoms with Gasteiger partial charge in [0.2, 0.25) is 0 Å². The van der Waals surface area contributed by atoms with Gasteiger partial charge in [0.25, 0.3) is 0 Å². The lowest BCUT2D eigenvalue weighted by molar-refractivity contribution is 0.0513. The highest BCUT2D eigenvalue weighted by Crippen LogP contribution is 2.34. The van der Waals surface area contributed by atoms with Crippen molar-refractivity contribution < 1.29 is 9.13 Å². The van der Waals surface area contributed by atoms with Gasteiger partial charge in [-0.05, 0) is 49.6 Å². The second-order valence-electron chi connectivity index (χ2n) is 7.50. The predicted molar refractivity (Wildman–Crippen MR) is 129 cm³/mol. The van der Waals surface area contributed by atoms with Crippen molar-refractivity contribution in [1.82, 2.24) is 25.2 Å². The molecule has 4 rings (SSSR count). The predicted octanol–water partition coefficient (Wildman–Crippen LogP) is 3.29. The summed E-state index contributed by atoms with van der Waals surface area (Å²) in [5.41, 5.74) is 1.60. The largest absolute Gasteiger partial charge is 0.381 e. The smallest absolute Gasteiger partial charge is 0.191 e. The summed E-state index contributed by atoms with van der Waals surface area (Å²) in [6.07, 6.45) is 3.59. The molecule has 3 heterocycles. The van der Waals surface area contributed by atoms with Gasteiger partial charge >= 0.3 is 0 Å². The van der Waals surface area contributed by atoms with Crippen molar-refractivity contribution >= 4 is 35.6 Å². The zero-order valence-electron chi connectivity index (χ0n) is 17.6. The Balaban J connectivity index is 0.00000272. The Hall–Kier alpha value is -2.27. The number of benzene rings is 1. The normalized spacial score (nSPS) is 16.0. The van der Waals surface area contributed by atoms with Crippen LogP contribution in [0.4, 0.5) is 4.39 Å². The number of nitrogens with zero attached hydrogens (tertiary/aromatic N) is 4. The zero-order valence-corrected chi connectivity index (χ0v) is 19.9. The SMILES string of the molecule is CCNC(=NCc1nnc2ccccn12)NCC1(c2cccc(F)c2)CCOCC1.I. The average molecular weight is 538 g/mol. The van der Waals surface area contributed by atoms with E-state index in [1.54, 1.807) is 12.1 Å². The van der Waals surface area contributed by atoms with Crippen molar-refractivity contribution in [3.63, 3.8) is 0 Å². The molecule has 1 fully saturated rings. The van der Waals surface area contributed by atoms with Crippen molar-refractivity contribution in [3.05, 3.63) is 65.9 Å². The molecule has 2 N–H and O–H groups in total. The number of hydrogen-bond donors (Lipinski definition) is 2. The van der Waals surface area contributed by atoms with Gasteiger partial charge in [-0.3, -0.25) is 4.40 Å². The number of guanidine groups is 1. The lowest BCUT2D eigenvalue weighted by Gasteiger charge is -2.38. The van der Waals surface area contributed by atoms with Crippen LogP contribution >= 0.6 is 24.0 Å². The summed E-state index contributed by atoms with van der Waals surface area (Å²) in [5, 5.41) is 15.2. The lowest BCUT2D eigenvalue weighted by atomic mass is 9.74. The molecule has 0 saturated carbocycles. The van der Waals surface area contributed by atoms with Crippen LogP contribution in [0.25, 0.3) is 5.65 Å². The van der Waals surface area contributed by atoms with E-state index in [9.17, 15) is 4.39 Å². The summed E-state index contributed by atoms with van der Waals surface area (Å²) >= 11 is 0. The summed E-state index contributed by atoms with van der Waals surface area (Å²) in [7, 11) is 0. The molecule has 1 aliphatic heterocycles. The molecule has 0 amide bonds. The number of halogens is 2. The number of fused-ring (bicyclic) bond motifs is 1. The maximum Gasteiger partial charge on any atom is 0.191 e. The van der Waals surface area contributed by atoms with Crippen LogP contribution in [0.1, 0.15) is 31.2 Å². The van der Waals surface area contributed by atoms with E-state index in [1.807, 2.05) is 41.8 Å². The van der Waals surface area contributed by atoms with Crippen LogP contribution in [-0.4, -0.2) is 46.9 Å². The van der Waals surface area contributed by atoms with Crippen LogP contribution < -0.4 is 10.6 Å². The number of nitrogens with one attached hydrogen (secondary N) is 2. The molecule has 1 aromatic carbocycles. The van der Waals surface area contributed by atoms with E-state index in [-0.39, 0.29) is 35.2 Å². The first-order valence-electron chi connectivity index (χ1n) is 10.3. The number of aliphatic imine (C=N–C) groups is 1. The summed E-state index contributed by atoms with van der Waals surface area (Å²) in [4.78, 5) is 4.70. The fraction of sp³-hybridized carbons (Fsp3) is 0.409. The van der Waals surface area contributed by atoms with Crippen molar-refractivity contribution in [2.75, 3.05) is 26.3 Å². The van der Waals surface area contributed by atoms with Crippen LogP contribution in [0.15, 0.2) is 53.7 Å². The van der Waals surface area contributed by atoms with Gasteiger partial charge in [0, 0.05) is 37.9 Å². The summed E-state index contributed by atoms with van der Waals surface area (Å²) in [5.74, 6) is 1.26. The molecule has 2 aromatic heterocycles. The van der Waals surface area contributed by atoms with Gasteiger partial charge in [0.1, 0.15) is 12.4 Å². The van der Waals surface area contributed by atoms with E-state index < -0.39 is 0 Å². The third kappa shape index (κ3) is 5.51. The van der Waals surface area contributed by atoms with E-state index >= 15 is 0 Å². The van der Waals surface area contributed by atoms with Gasteiger partial charge in [-0.25, -0.2) is 9.38 Å². The topological polar surface area (TPSA) is 75.8 Å². The molecule has 0 unspecified atom stereocenters. The van der Waals surface area contributed by atoms with E-state index in [0.29, 0.717) is 32.3 Å². The van der Waals surface area contributed by atoms with Gasteiger partial charge in [0.05, 0.1) is 0 Å². The van der Waals surface area contributed by atoms with Crippen LogP contribution in [0.5, 0.6) is 0 Å². The summed E-state index contributed by atoms with van der Waals surface area (Å²) in [6.45, 7) is 5.14. The molecular weight excluding hydrogens is 510 g/mol. The molecule has 9 heteroatoms. The van der Waals surface area contributed by atoms with Crippen molar-refractivity contribution in [2.24, 2.45) is 4.99 Å². The Morgan fingerprint density at radius 2 is 2.00 bits per heavy atom. The van der Waals surface area contributed by atoms with E-state index in [1.165, 1.54) is 6.07 Å². The molecule has 1 aliphatic rings. The molecule has 1 saturated heterocycles. The van der Waals surface area contributed by atoms with Crippen molar-refractivity contribution in [1.29, 1.82) is 0 Å². The maximum atomic E-state index is 13.9. The van der Waals surface area contributed by atoms with Gasteiger partial charge in [-0.2, -0.15) is 0 Å². The van der Waals surface area contributed by atoms with Crippen molar-refractivity contribution in [3.8, 4) is 0 Å². The third-order valence-corrected chi connectivity index (χ3v) is 5.59. The highest BCUT2D eigenvalue weighted by atomic mass is 127. The fourth-order valence-electron chi connectivity index (χ4n) is 3.89. The average Bonchev–Trinajstić information content (AvgIpc) is 3.19. The number of aromatic nitrogens is 3. The Bertz CT molecular complexity index is 1020. The number of ether oxygens (including phenoxy) is 1. The van der Waals surface area contributed by atoms with Crippen LogP contribution in [0.2, 0.25) is 0 Å². The minimum atomic E-state index is -0.211. The van der Waals surface area contributed by atoms with Crippen LogP contribution in [0.3, 0.4) is 0 Å². The second kappa shape index (κ2) is 10.9. The molecular formula is C22H28FIN6O. The van der Waals surface area contributed by atoms with Gasteiger partial charge < -0.3 is 15.4 Å². The quantitative estimate of drug-likeness (QED) is 0.286. The first-order chi connectivity index (χ1) is 14.7. The standard InChI is InChI=1S/C22H27FN6O.HI/c1-2-24-21(25-15-20-28-27-19-8-3-4-11-29(19)20)26-16-22(9-12-30-13-10-22)17-6-5-7-18(23)14-17;/h3-8,11,14H,2,9-10,12-13,15-16H2,1H3,(H2,24,25,26);1H. The number of hydrogen-bond acceptors (Lipinski definition) is 4. The molecule has 0 radical (unpaired) electrons. The third-order valence-electron chi connectivity index (χ3n) is 5.59. The molecule has 31 heavy (non-hydrogen) atoms. The minimum absolute atomic E-state index is 0. The Kier molecular flexibility index (Phi) is 8.19. The Morgan fingerprint density at radius 3 is 2.77 bits per heavy atom. The van der Waals surface area contributed by atoms with Crippen molar-refractivity contribution in [2.45, 2.75) is 31.7 Å². The summed E-state index contributed by atoms with van der Waals surface area (Å²) < 4.78 is 21.4. The second-order valence-corrected chi connectivity index (χ2v) is 7.50. The monoisotopic (exact) mass is 538 g/mol. The van der Waals surface area contributed by atoms with E-state index in [2.05, 4.69) is 20.8 Å². The molecule has 3 aromatic rings. The van der Waals surface area contributed by atoms with Gasteiger partial charge in [0.15, 0.2) is 17.4 Å². The first-order valence-corrected chi connectivity index (χ1v) is 10.3. The minimum Gasteiger partial charge on any atom is -0.381 e. The Morgan fingerprint density at radius 1 is 1.16 bits per heavy atom. The highest BCUT2D eigenvalue weighted by molar-refractivity contribution is 14.0. The Labute approximate surface area is 198 Å². The zero-order chi connectivity index (χ0) is 20.8. The van der Waals surface area contributed by atoms with Crippen LogP contribution in [0, 0.1) is 5.82 Å². The molecule has 0 bridgehead atoms. The molecule has 0 aliphatic carbocycles. The molecule has 0 spiro atoms. The van der Waals surface area contributed by atoms with E-state index in [0.717, 1.165) is 36.4 Å². The summed E-state index contributed by atoms with van der Waals surface area (Å²) in [6, 6.07) is 12.7. The number of rotatable bonds is 6. The highest BCUT2D eigenvalue weighted by Gasteiger charge is 2.35. The van der Waals surface area contributed by atoms with Crippen LogP contribution in [-0.2, 0) is 16.7 Å². The maximum absolute atomic E-state index is 13.9. The van der Waals surface area contributed by atoms with Gasteiger partial charge in [-0.15, -0.1) is 34.2 Å². The fourth-order valence-corrected chi connectivity index (χ4v) is 3.89. The molecule has 0 atom stereocenters. The van der Waals surface area contributed by atoms with Gasteiger partial charge in [-0.1, -0.05) is 18.2 Å². The van der Waals surface area contributed by atoms with E-state index in [4.69, 9.17) is 9.73 Å².